The molecule has 0 unspecified atom stereocenters. The monoisotopic (exact) mass is 406 g/mol. The van der Waals surface area contributed by atoms with Crippen molar-refractivity contribution in [3.8, 4) is 0 Å². The lowest BCUT2D eigenvalue weighted by Gasteiger charge is -2.27. The molecule has 0 radical (unpaired) electrons. The fraction of sp³-hybridized carbons (Fsp3) is 0.304. The highest BCUT2D eigenvalue weighted by atomic mass is 16.6. The number of ether oxygens (including phenoxy) is 1. The molecular weight excluding hydrogens is 380 g/mol. The summed E-state index contributed by atoms with van der Waals surface area (Å²) in [6.45, 7) is 9.80. The normalized spacial score (nSPS) is 13.8. The van der Waals surface area contributed by atoms with Gasteiger partial charge in [0.15, 0.2) is 11.6 Å². The molecule has 0 saturated heterocycles. The van der Waals surface area contributed by atoms with Crippen molar-refractivity contribution in [3.63, 3.8) is 0 Å². The van der Waals surface area contributed by atoms with Gasteiger partial charge >= 0.3 is 6.09 Å². The van der Waals surface area contributed by atoms with Gasteiger partial charge in [0, 0.05) is 24.7 Å². The minimum absolute atomic E-state index is 0.0867. The third-order valence-corrected chi connectivity index (χ3v) is 4.87. The first-order chi connectivity index (χ1) is 14.5. The first kappa shape index (κ1) is 21.2. The molecule has 1 aliphatic rings. The molecule has 7 heteroatoms. The Morgan fingerprint density at radius 1 is 1.30 bits per heavy atom. The van der Waals surface area contributed by atoms with E-state index in [1.165, 1.54) is 4.90 Å². The maximum atomic E-state index is 12.2. The molecule has 3 rings (SSSR count). The molecule has 156 valence electrons. The number of allylic oxidation sites excluding steroid dienone is 1. The minimum Gasteiger partial charge on any atom is -0.444 e. The number of ketones is 1. The van der Waals surface area contributed by atoms with Gasteiger partial charge in [-0.15, -0.1) is 13.2 Å². The quantitative estimate of drug-likeness (QED) is 0.346. The smallest absolute Gasteiger partial charge is 0.416 e. The summed E-state index contributed by atoms with van der Waals surface area (Å²) < 4.78 is 5.13. The lowest BCUT2D eigenvalue weighted by Crippen LogP contribution is -2.36. The van der Waals surface area contributed by atoms with Crippen LogP contribution < -0.4 is 10.2 Å². The average Bonchev–Trinajstić information content (AvgIpc) is 2.76. The molecule has 1 aliphatic heterocycles. The Morgan fingerprint density at radius 2 is 2.07 bits per heavy atom. The van der Waals surface area contributed by atoms with Crippen LogP contribution in [0.4, 0.5) is 16.6 Å². The van der Waals surface area contributed by atoms with E-state index in [1.54, 1.807) is 12.3 Å². The van der Waals surface area contributed by atoms with Gasteiger partial charge in [-0.05, 0) is 25.3 Å². The van der Waals surface area contributed by atoms with Crippen LogP contribution >= 0.6 is 0 Å². The van der Waals surface area contributed by atoms with Crippen LogP contribution in [0.3, 0.4) is 0 Å². The number of nitrogens with zero attached hydrogens (tertiary/aromatic N) is 3. The fourth-order valence-electron chi connectivity index (χ4n) is 3.18. The number of amides is 1. The molecule has 2 heterocycles. The van der Waals surface area contributed by atoms with E-state index in [1.807, 2.05) is 37.3 Å². The van der Waals surface area contributed by atoms with Gasteiger partial charge in [-0.1, -0.05) is 36.4 Å². The summed E-state index contributed by atoms with van der Waals surface area (Å²) in [5.41, 5.74) is 2.45. The molecule has 0 bridgehead atoms. The van der Waals surface area contributed by atoms with Crippen LogP contribution in [0.15, 0.2) is 55.8 Å². The number of hydrogen-bond donors (Lipinski definition) is 1. The summed E-state index contributed by atoms with van der Waals surface area (Å²) in [5.74, 6) is 1.07. The highest BCUT2D eigenvalue weighted by Gasteiger charge is 2.27. The largest absolute Gasteiger partial charge is 0.444 e. The second-order valence-corrected chi connectivity index (χ2v) is 7.09. The first-order valence-corrected chi connectivity index (χ1v) is 9.95. The van der Waals surface area contributed by atoms with Gasteiger partial charge < -0.3 is 10.1 Å². The zero-order valence-electron chi connectivity index (χ0n) is 17.1. The highest BCUT2D eigenvalue weighted by molar-refractivity contribution is 5.96. The van der Waals surface area contributed by atoms with E-state index in [-0.39, 0.29) is 18.4 Å². The number of carbonyl (C=O) groups excluding carboxylic acids is 2. The molecule has 0 saturated carbocycles. The molecule has 7 nitrogen and oxygen atoms in total. The topological polar surface area (TPSA) is 84.4 Å². The van der Waals surface area contributed by atoms with E-state index in [9.17, 15) is 9.59 Å². The van der Waals surface area contributed by atoms with Crippen molar-refractivity contribution in [2.45, 2.75) is 38.8 Å². The SMILES string of the molecule is C=CCCCC(=O)c1ccc([C@H](C)Nc2ncc3c(n2)N(CC=C)C(=O)OC3)cc1. The van der Waals surface area contributed by atoms with Crippen molar-refractivity contribution in [1.29, 1.82) is 0 Å². The molecule has 1 aromatic heterocycles. The number of benzene rings is 1. The van der Waals surface area contributed by atoms with Crippen molar-refractivity contribution >= 4 is 23.6 Å². The van der Waals surface area contributed by atoms with Gasteiger partial charge in [-0.3, -0.25) is 9.69 Å². The third kappa shape index (κ3) is 4.92. The number of carbonyl (C=O) groups is 2. The van der Waals surface area contributed by atoms with Gasteiger partial charge in [0.1, 0.15) is 6.61 Å². The fourth-order valence-corrected chi connectivity index (χ4v) is 3.18. The van der Waals surface area contributed by atoms with E-state index < -0.39 is 6.09 Å². The molecule has 1 amide bonds. The molecule has 0 aliphatic carbocycles. The summed E-state index contributed by atoms with van der Waals surface area (Å²) in [4.78, 5) is 34.5. The summed E-state index contributed by atoms with van der Waals surface area (Å²) in [6.07, 6.45) is 6.83. The molecule has 2 aromatic rings. The zero-order chi connectivity index (χ0) is 21.5. The van der Waals surface area contributed by atoms with Crippen LogP contribution in [0.2, 0.25) is 0 Å². The lowest BCUT2D eigenvalue weighted by atomic mass is 10.0. The zero-order valence-corrected chi connectivity index (χ0v) is 17.1. The number of anilines is 2. The Morgan fingerprint density at radius 3 is 2.77 bits per heavy atom. The Hall–Kier alpha value is -3.48. The summed E-state index contributed by atoms with van der Waals surface area (Å²) >= 11 is 0. The second kappa shape index (κ2) is 9.82. The van der Waals surface area contributed by atoms with Crippen molar-refractivity contribution in [2.24, 2.45) is 0 Å². The number of cyclic esters (lactones) is 1. The Kier molecular flexibility index (Phi) is 6.95. The number of hydrogen-bond acceptors (Lipinski definition) is 6. The van der Waals surface area contributed by atoms with Gasteiger partial charge in [0.25, 0.3) is 0 Å². The number of unbranched alkanes of at least 4 members (excludes halogenated alkanes) is 1. The van der Waals surface area contributed by atoms with Crippen molar-refractivity contribution in [2.75, 3.05) is 16.8 Å². The number of aromatic nitrogens is 2. The van der Waals surface area contributed by atoms with Gasteiger partial charge in [-0.25, -0.2) is 9.78 Å². The molecule has 30 heavy (non-hydrogen) atoms. The Balaban J connectivity index is 1.69. The highest BCUT2D eigenvalue weighted by Crippen LogP contribution is 2.26. The van der Waals surface area contributed by atoms with Gasteiger partial charge in [0.05, 0.1) is 11.6 Å². The maximum absolute atomic E-state index is 12.2. The number of Topliss-reactive ketones (excluding diaryl/α,β-unsaturated/α-hetero) is 1. The number of fused-ring (bicyclic) bond motifs is 1. The maximum Gasteiger partial charge on any atom is 0.416 e. The predicted octanol–water partition coefficient (Wildman–Crippen LogP) is 4.83. The van der Waals surface area contributed by atoms with Gasteiger partial charge in [0.2, 0.25) is 5.95 Å². The van der Waals surface area contributed by atoms with Crippen molar-refractivity contribution < 1.29 is 14.3 Å². The van der Waals surface area contributed by atoms with Crippen LogP contribution in [0.1, 0.15) is 53.7 Å². The number of rotatable bonds is 10. The molecule has 0 spiro atoms. The number of nitrogens with one attached hydrogen (secondary N) is 1. The van der Waals surface area contributed by atoms with Crippen LogP contribution in [-0.2, 0) is 11.3 Å². The second-order valence-electron chi connectivity index (χ2n) is 7.09. The van der Waals surface area contributed by atoms with Crippen LogP contribution in [-0.4, -0.2) is 28.4 Å². The Bertz CT molecular complexity index is 940. The third-order valence-electron chi connectivity index (χ3n) is 4.87. The van der Waals surface area contributed by atoms with E-state index in [2.05, 4.69) is 28.4 Å². The summed E-state index contributed by atoms with van der Waals surface area (Å²) in [7, 11) is 0. The molecular formula is C23H26N4O3. The van der Waals surface area contributed by atoms with Gasteiger partial charge in [-0.2, -0.15) is 4.98 Å². The Labute approximate surface area is 176 Å². The van der Waals surface area contributed by atoms with Crippen LogP contribution in [0.25, 0.3) is 0 Å². The van der Waals surface area contributed by atoms with E-state index in [4.69, 9.17) is 4.74 Å². The molecule has 1 aromatic carbocycles. The standard InChI is InChI=1S/C23H26N4O3/c1-4-6-7-8-20(28)18-11-9-17(10-12-18)16(3)25-22-24-14-19-15-30-23(29)27(13-5-2)21(19)26-22/h4-5,9-12,14,16H,1-2,6-8,13,15H2,3H3,(H,24,25,26)/t16-/m0/s1. The summed E-state index contributed by atoms with van der Waals surface area (Å²) in [6, 6.07) is 7.46. The molecule has 0 fully saturated rings. The van der Waals surface area contributed by atoms with E-state index in [0.717, 1.165) is 24.0 Å². The van der Waals surface area contributed by atoms with Crippen LogP contribution in [0, 0.1) is 0 Å². The molecule has 1 N–H and O–H groups in total. The molecule has 1 atom stereocenters. The van der Waals surface area contributed by atoms with Crippen molar-refractivity contribution in [3.05, 3.63) is 72.5 Å². The van der Waals surface area contributed by atoms with Crippen molar-refractivity contribution in [1.82, 2.24) is 9.97 Å². The lowest BCUT2D eigenvalue weighted by molar-refractivity contribution is 0.0980. The predicted molar refractivity (Wildman–Crippen MR) is 117 cm³/mol. The minimum atomic E-state index is -0.451. The average molecular weight is 406 g/mol. The van der Waals surface area contributed by atoms with E-state index in [0.29, 0.717) is 30.3 Å². The first-order valence-electron chi connectivity index (χ1n) is 9.95. The van der Waals surface area contributed by atoms with E-state index >= 15 is 0 Å². The van der Waals surface area contributed by atoms with Crippen LogP contribution in [0.5, 0.6) is 0 Å². The summed E-state index contributed by atoms with van der Waals surface area (Å²) in [5, 5.41) is 3.25.